The Morgan fingerprint density at radius 2 is 2.15 bits per heavy atom. The number of aromatic nitrogens is 1. The predicted octanol–water partition coefficient (Wildman–Crippen LogP) is 3.80. The maximum atomic E-state index is 10.2. The van der Waals surface area contributed by atoms with Crippen LogP contribution in [0.15, 0.2) is 17.5 Å². The van der Waals surface area contributed by atoms with Crippen LogP contribution in [0.25, 0.3) is 0 Å². The molecule has 20 heavy (non-hydrogen) atoms. The molecule has 3 nitrogen and oxygen atoms in total. The average molecular weight is 288 g/mol. The van der Waals surface area contributed by atoms with Crippen molar-refractivity contribution < 1.29 is 5.11 Å². The van der Waals surface area contributed by atoms with Crippen molar-refractivity contribution in [1.29, 1.82) is 0 Å². The number of phenols is 1. The van der Waals surface area contributed by atoms with Gasteiger partial charge >= 0.3 is 0 Å². The molecule has 2 aromatic rings. The standard InChI is InChI=1S/C16H20N2OS/c1-9-4-5-14(19)16-13(6-10(2)15(9)16)17-7-12-8-20-11(3)18-12/h4-5,8,10,13,17,19H,6-7H2,1-3H3. The molecule has 4 heteroatoms. The Morgan fingerprint density at radius 3 is 2.85 bits per heavy atom. The molecule has 2 N–H and O–H groups in total. The van der Waals surface area contributed by atoms with E-state index in [-0.39, 0.29) is 6.04 Å². The zero-order valence-electron chi connectivity index (χ0n) is 12.1. The maximum absolute atomic E-state index is 10.2. The number of benzene rings is 1. The second kappa shape index (κ2) is 5.19. The second-order valence-corrected chi connectivity index (χ2v) is 6.72. The number of nitrogens with one attached hydrogen (secondary N) is 1. The molecule has 0 radical (unpaired) electrons. The topological polar surface area (TPSA) is 45.2 Å². The van der Waals surface area contributed by atoms with E-state index in [1.54, 1.807) is 11.3 Å². The van der Waals surface area contributed by atoms with E-state index in [1.165, 1.54) is 11.1 Å². The van der Waals surface area contributed by atoms with Crippen LogP contribution >= 0.6 is 11.3 Å². The Hall–Kier alpha value is -1.39. The Kier molecular flexibility index (Phi) is 3.52. The number of rotatable bonds is 3. The van der Waals surface area contributed by atoms with E-state index >= 15 is 0 Å². The molecule has 1 aliphatic carbocycles. The van der Waals surface area contributed by atoms with E-state index in [9.17, 15) is 5.11 Å². The molecular weight excluding hydrogens is 268 g/mol. The van der Waals surface area contributed by atoms with Gasteiger partial charge in [-0.2, -0.15) is 0 Å². The first-order valence-corrected chi connectivity index (χ1v) is 7.91. The average Bonchev–Trinajstić information content (AvgIpc) is 2.96. The summed E-state index contributed by atoms with van der Waals surface area (Å²) in [5.74, 6) is 0.911. The van der Waals surface area contributed by atoms with Gasteiger partial charge in [0.1, 0.15) is 5.75 Å². The van der Waals surface area contributed by atoms with Crippen LogP contribution in [0.3, 0.4) is 0 Å². The molecular formula is C16H20N2OS. The monoisotopic (exact) mass is 288 g/mol. The van der Waals surface area contributed by atoms with Gasteiger partial charge in [0.2, 0.25) is 0 Å². The first-order chi connectivity index (χ1) is 9.56. The third-order valence-corrected chi connectivity index (χ3v) is 4.93. The number of phenolic OH excluding ortho intramolecular Hbond substituents is 1. The second-order valence-electron chi connectivity index (χ2n) is 5.66. The van der Waals surface area contributed by atoms with Gasteiger partial charge < -0.3 is 10.4 Å². The SMILES string of the molecule is Cc1nc(CNC2CC(C)c3c(C)ccc(O)c32)cs1. The molecule has 3 rings (SSSR count). The third kappa shape index (κ3) is 2.34. The Morgan fingerprint density at radius 1 is 1.35 bits per heavy atom. The van der Waals surface area contributed by atoms with Crippen LogP contribution in [0, 0.1) is 13.8 Å². The van der Waals surface area contributed by atoms with Crippen LogP contribution in [-0.4, -0.2) is 10.1 Å². The summed E-state index contributed by atoms with van der Waals surface area (Å²) in [7, 11) is 0. The molecule has 1 aromatic heterocycles. The lowest BCUT2D eigenvalue weighted by atomic mass is 9.97. The number of nitrogens with zero attached hydrogens (tertiary/aromatic N) is 1. The van der Waals surface area contributed by atoms with Gasteiger partial charge in [0, 0.05) is 23.5 Å². The molecule has 1 aliphatic rings. The summed E-state index contributed by atoms with van der Waals surface area (Å²) in [6, 6.07) is 4.05. The van der Waals surface area contributed by atoms with Crippen molar-refractivity contribution in [2.45, 2.75) is 45.7 Å². The molecule has 0 saturated carbocycles. The number of hydrogen-bond donors (Lipinski definition) is 2. The van der Waals surface area contributed by atoms with Crippen molar-refractivity contribution in [3.63, 3.8) is 0 Å². The number of fused-ring (bicyclic) bond motifs is 1. The molecule has 106 valence electrons. The van der Waals surface area contributed by atoms with Crippen LogP contribution in [0.2, 0.25) is 0 Å². The fourth-order valence-electron chi connectivity index (χ4n) is 3.25. The Labute approximate surface area is 123 Å². The van der Waals surface area contributed by atoms with Crippen LogP contribution in [0.5, 0.6) is 5.75 Å². The molecule has 1 aromatic carbocycles. The van der Waals surface area contributed by atoms with Crippen LogP contribution in [-0.2, 0) is 6.54 Å². The van der Waals surface area contributed by atoms with E-state index in [0.717, 1.165) is 29.2 Å². The highest BCUT2D eigenvalue weighted by atomic mass is 32.1. The maximum Gasteiger partial charge on any atom is 0.120 e. The molecule has 0 saturated heterocycles. The summed E-state index contributed by atoms with van der Waals surface area (Å²) in [5, 5.41) is 16.9. The third-order valence-electron chi connectivity index (χ3n) is 4.11. The van der Waals surface area contributed by atoms with Crippen molar-refractivity contribution in [2.24, 2.45) is 0 Å². The van der Waals surface area contributed by atoms with E-state index in [1.807, 2.05) is 19.1 Å². The van der Waals surface area contributed by atoms with Gasteiger partial charge in [-0.1, -0.05) is 13.0 Å². The van der Waals surface area contributed by atoms with Gasteiger partial charge in [0.15, 0.2) is 0 Å². The van der Waals surface area contributed by atoms with Crippen molar-refractivity contribution in [2.75, 3.05) is 0 Å². The number of hydrogen-bond acceptors (Lipinski definition) is 4. The van der Waals surface area contributed by atoms with Gasteiger partial charge in [-0.15, -0.1) is 11.3 Å². The van der Waals surface area contributed by atoms with Crippen molar-refractivity contribution in [3.05, 3.63) is 44.9 Å². The highest BCUT2D eigenvalue weighted by Crippen LogP contribution is 2.45. The predicted molar refractivity (Wildman–Crippen MR) is 82.3 cm³/mol. The van der Waals surface area contributed by atoms with E-state index in [4.69, 9.17) is 0 Å². The molecule has 0 amide bonds. The molecule has 1 heterocycles. The van der Waals surface area contributed by atoms with Gasteiger partial charge in [-0.05, 0) is 43.4 Å². The number of aromatic hydroxyl groups is 1. The minimum Gasteiger partial charge on any atom is -0.508 e. The number of thiazole rings is 1. The first kappa shape index (κ1) is 13.6. The Bertz CT molecular complexity index is 635. The van der Waals surface area contributed by atoms with Crippen molar-refractivity contribution in [3.8, 4) is 5.75 Å². The molecule has 2 unspecified atom stereocenters. The smallest absolute Gasteiger partial charge is 0.120 e. The largest absolute Gasteiger partial charge is 0.508 e. The highest BCUT2D eigenvalue weighted by molar-refractivity contribution is 7.09. The zero-order chi connectivity index (χ0) is 14.3. The summed E-state index contributed by atoms with van der Waals surface area (Å²) in [6.45, 7) is 7.14. The summed E-state index contributed by atoms with van der Waals surface area (Å²) >= 11 is 1.68. The van der Waals surface area contributed by atoms with Crippen LogP contribution in [0.4, 0.5) is 0 Å². The normalized spacial score (nSPS) is 21.1. The van der Waals surface area contributed by atoms with Gasteiger partial charge in [-0.3, -0.25) is 0 Å². The quantitative estimate of drug-likeness (QED) is 0.903. The highest BCUT2D eigenvalue weighted by Gasteiger charge is 2.31. The van der Waals surface area contributed by atoms with Crippen LogP contribution in [0.1, 0.15) is 52.7 Å². The lowest BCUT2D eigenvalue weighted by Gasteiger charge is -2.15. The van der Waals surface area contributed by atoms with E-state index in [0.29, 0.717) is 11.7 Å². The molecule has 0 aliphatic heterocycles. The number of aryl methyl sites for hydroxylation is 2. The van der Waals surface area contributed by atoms with Gasteiger partial charge in [0.25, 0.3) is 0 Å². The summed E-state index contributed by atoms with van der Waals surface area (Å²) in [6.07, 6.45) is 1.04. The molecule has 0 spiro atoms. The fourth-order valence-corrected chi connectivity index (χ4v) is 3.86. The van der Waals surface area contributed by atoms with Crippen molar-refractivity contribution in [1.82, 2.24) is 10.3 Å². The fraction of sp³-hybridized carbons (Fsp3) is 0.438. The summed E-state index contributed by atoms with van der Waals surface area (Å²) in [4.78, 5) is 4.48. The summed E-state index contributed by atoms with van der Waals surface area (Å²) < 4.78 is 0. The molecule has 0 fully saturated rings. The van der Waals surface area contributed by atoms with Crippen molar-refractivity contribution >= 4 is 11.3 Å². The lowest BCUT2D eigenvalue weighted by molar-refractivity contribution is 0.444. The van der Waals surface area contributed by atoms with E-state index < -0.39 is 0 Å². The van der Waals surface area contributed by atoms with Gasteiger partial charge in [0.05, 0.1) is 10.7 Å². The molecule has 2 atom stereocenters. The van der Waals surface area contributed by atoms with E-state index in [2.05, 4.69) is 29.5 Å². The summed E-state index contributed by atoms with van der Waals surface area (Å²) in [5.41, 5.74) is 4.77. The first-order valence-electron chi connectivity index (χ1n) is 7.03. The van der Waals surface area contributed by atoms with Gasteiger partial charge in [-0.25, -0.2) is 4.98 Å². The molecule has 0 bridgehead atoms. The Balaban J connectivity index is 1.82. The zero-order valence-corrected chi connectivity index (χ0v) is 12.9. The minimum absolute atomic E-state index is 0.224. The minimum atomic E-state index is 0.224. The lowest BCUT2D eigenvalue weighted by Crippen LogP contribution is -2.19. The van der Waals surface area contributed by atoms with Crippen LogP contribution < -0.4 is 5.32 Å².